The van der Waals surface area contributed by atoms with Crippen molar-refractivity contribution in [3.8, 4) is 11.3 Å². The molecule has 0 saturated heterocycles. The Hall–Kier alpha value is -4.99. The molecule has 3 amide bonds. The maximum absolute atomic E-state index is 13.4. The fourth-order valence-electron chi connectivity index (χ4n) is 4.15. The molecular weight excluding hydrogens is 589 g/mol. The highest BCUT2D eigenvalue weighted by molar-refractivity contribution is 8.00. The lowest BCUT2D eigenvalue weighted by atomic mass is 10.1. The van der Waals surface area contributed by atoms with E-state index in [2.05, 4.69) is 20.9 Å². The van der Waals surface area contributed by atoms with Gasteiger partial charge in [0.15, 0.2) is 5.13 Å². The minimum atomic E-state index is -0.471. The van der Waals surface area contributed by atoms with Crippen molar-refractivity contribution in [2.24, 2.45) is 0 Å². The van der Waals surface area contributed by atoms with Crippen LogP contribution in [0.5, 0.6) is 0 Å². The number of thiazole rings is 1. The van der Waals surface area contributed by atoms with Crippen molar-refractivity contribution in [2.75, 3.05) is 10.6 Å². The van der Waals surface area contributed by atoms with Gasteiger partial charge in [0, 0.05) is 27.1 Å². The Labute approximate surface area is 264 Å². The summed E-state index contributed by atoms with van der Waals surface area (Å²) in [6, 6.07) is 33.4. The van der Waals surface area contributed by atoms with E-state index in [0.717, 1.165) is 27.3 Å². The van der Waals surface area contributed by atoms with Crippen molar-refractivity contribution in [1.29, 1.82) is 0 Å². The van der Waals surface area contributed by atoms with Crippen molar-refractivity contribution in [3.05, 3.63) is 137 Å². The van der Waals surface area contributed by atoms with Crippen molar-refractivity contribution >= 4 is 57.7 Å². The summed E-state index contributed by atoms with van der Waals surface area (Å²) in [7, 11) is 0. The number of carbonyl (C=O) groups excluding carboxylic acids is 3. The number of benzene rings is 4. The van der Waals surface area contributed by atoms with Gasteiger partial charge in [0.25, 0.3) is 11.8 Å². The lowest BCUT2D eigenvalue weighted by Gasteiger charge is -2.14. The highest BCUT2D eigenvalue weighted by Gasteiger charge is 2.18. The summed E-state index contributed by atoms with van der Waals surface area (Å²) in [6.07, 6.45) is 1.64. The molecule has 5 aromatic rings. The predicted molar refractivity (Wildman–Crippen MR) is 180 cm³/mol. The first-order valence-electron chi connectivity index (χ1n) is 13.9. The number of hydrogen-bond acceptors (Lipinski definition) is 6. The Morgan fingerprint density at radius 3 is 2.27 bits per heavy atom. The number of nitrogens with one attached hydrogen (secondary N) is 3. The molecule has 220 valence electrons. The second-order valence-corrected chi connectivity index (χ2v) is 12.2. The van der Waals surface area contributed by atoms with Gasteiger partial charge in [0.1, 0.15) is 5.70 Å². The van der Waals surface area contributed by atoms with Gasteiger partial charge < -0.3 is 16.0 Å². The van der Waals surface area contributed by atoms with Crippen LogP contribution in [0, 0.1) is 6.92 Å². The Morgan fingerprint density at radius 2 is 1.55 bits per heavy atom. The molecule has 0 aliphatic heterocycles. The van der Waals surface area contributed by atoms with Crippen molar-refractivity contribution < 1.29 is 14.4 Å². The smallest absolute Gasteiger partial charge is 0.272 e. The first-order valence-corrected chi connectivity index (χ1v) is 15.6. The molecule has 4 aromatic carbocycles. The fraction of sp³-hybridized carbons (Fsp3) is 0.0857. The minimum Gasteiger partial charge on any atom is -0.321 e. The number of carbonyl (C=O) groups is 3. The Bertz CT molecular complexity index is 1790. The molecule has 0 aliphatic rings. The van der Waals surface area contributed by atoms with E-state index < -0.39 is 11.2 Å². The second-order valence-electron chi connectivity index (χ2n) is 9.92. The highest BCUT2D eigenvalue weighted by Crippen LogP contribution is 2.29. The van der Waals surface area contributed by atoms with E-state index in [9.17, 15) is 14.4 Å². The summed E-state index contributed by atoms with van der Waals surface area (Å²) in [4.78, 5) is 44.6. The van der Waals surface area contributed by atoms with Gasteiger partial charge >= 0.3 is 0 Å². The number of aromatic nitrogens is 1. The zero-order valence-electron chi connectivity index (χ0n) is 24.1. The SMILES string of the molecule is Cc1ccc(/C=C(\NC(=O)c2ccccc2)C(=O)Nc2cccc(SC(C)C(=O)Nc3nc(-c4ccccc4)cs3)c2)cc1. The van der Waals surface area contributed by atoms with Crippen molar-refractivity contribution in [1.82, 2.24) is 10.3 Å². The summed E-state index contributed by atoms with van der Waals surface area (Å²) < 4.78 is 0. The summed E-state index contributed by atoms with van der Waals surface area (Å²) in [6.45, 7) is 3.80. The van der Waals surface area contributed by atoms with Crippen LogP contribution in [0.3, 0.4) is 0 Å². The first-order chi connectivity index (χ1) is 21.3. The molecule has 7 nitrogen and oxygen atoms in total. The molecule has 1 atom stereocenters. The molecule has 0 bridgehead atoms. The Kier molecular flexibility index (Phi) is 10.0. The maximum Gasteiger partial charge on any atom is 0.272 e. The molecule has 1 aromatic heterocycles. The van der Waals surface area contributed by atoms with Gasteiger partial charge in [-0.05, 0) is 55.8 Å². The summed E-state index contributed by atoms with van der Waals surface area (Å²) in [5, 5.41) is 10.6. The van der Waals surface area contributed by atoms with Crippen LogP contribution in [-0.2, 0) is 9.59 Å². The highest BCUT2D eigenvalue weighted by atomic mass is 32.2. The zero-order chi connectivity index (χ0) is 30.9. The van der Waals surface area contributed by atoms with Crippen LogP contribution in [0.4, 0.5) is 10.8 Å². The number of amides is 3. The molecule has 5 rings (SSSR count). The van der Waals surface area contributed by atoms with Crippen LogP contribution in [0.1, 0.15) is 28.4 Å². The summed E-state index contributed by atoms with van der Waals surface area (Å²) in [5.41, 5.74) is 4.73. The lowest BCUT2D eigenvalue weighted by molar-refractivity contribution is -0.115. The molecule has 3 N–H and O–H groups in total. The van der Waals surface area contributed by atoms with Crippen LogP contribution in [-0.4, -0.2) is 28.0 Å². The number of aryl methyl sites for hydroxylation is 1. The molecule has 9 heteroatoms. The molecule has 44 heavy (non-hydrogen) atoms. The zero-order valence-corrected chi connectivity index (χ0v) is 25.7. The van der Waals surface area contributed by atoms with E-state index in [0.29, 0.717) is 16.4 Å². The van der Waals surface area contributed by atoms with Crippen molar-refractivity contribution in [3.63, 3.8) is 0 Å². The summed E-state index contributed by atoms with van der Waals surface area (Å²) in [5.74, 6) is -1.04. The maximum atomic E-state index is 13.4. The van der Waals surface area contributed by atoms with Crippen LogP contribution in [0.25, 0.3) is 17.3 Å². The van der Waals surface area contributed by atoms with Crippen LogP contribution >= 0.6 is 23.1 Å². The molecule has 0 fully saturated rings. The largest absolute Gasteiger partial charge is 0.321 e. The van der Waals surface area contributed by atoms with Gasteiger partial charge in [-0.2, -0.15) is 0 Å². The number of hydrogen-bond donors (Lipinski definition) is 3. The molecule has 1 heterocycles. The monoisotopic (exact) mass is 618 g/mol. The number of anilines is 2. The number of thioether (sulfide) groups is 1. The fourth-order valence-corrected chi connectivity index (χ4v) is 5.80. The van der Waals surface area contributed by atoms with Gasteiger partial charge in [-0.3, -0.25) is 14.4 Å². The molecule has 1 unspecified atom stereocenters. The Morgan fingerprint density at radius 1 is 0.841 bits per heavy atom. The molecular formula is C35H30N4O3S2. The van der Waals surface area contributed by atoms with Crippen LogP contribution in [0.15, 0.2) is 125 Å². The topological polar surface area (TPSA) is 100 Å². The number of rotatable bonds is 10. The van der Waals surface area contributed by atoms with Gasteiger partial charge in [0.2, 0.25) is 5.91 Å². The quantitative estimate of drug-likeness (QED) is 0.110. The van der Waals surface area contributed by atoms with E-state index >= 15 is 0 Å². The molecule has 0 radical (unpaired) electrons. The van der Waals surface area contributed by atoms with E-state index in [1.165, 1.54) is 23.1 Å². The average molecular weight is 619 g/mol. The molecule has 0 aliphatic carbocycles. The third-order valence-corrected chi connectivity index (χ3v) is 8.35. The molecule has 0 saturated carbocycles. The van der Waals surface area contributed by atoms with E-state index in [-0.39, 0.29) is 17.5 Å². The predicted octanol–water partition coefficient (Wildman–Crippen LogP) is 7.65. The van der Waals surface area contributed by atoms with E-state index in [4.69, 9.17) is 0 Å². The van der Waals surface area contributed by atoms with Crippen LogP contribution in [0.2, 0.25) is 0 Å². The third-order valence-electron chi connectivity index (χ3n) is 6.50. The minimum absolute atomic E-state index is 0.104. The van der Waals surface area contributed by atoms with Gasteiger partial charge in [0.05, 0.1) is 10.9 Å². The van der Waals surface area contributed by atoms with Crippen LogP contribution < -0.4 is 16.0 Å². The third kappa shape index (κ3) is 8.31. The standard InChI is InChI=1S/C35H30N4O3S2/c1-23-16-18-25(19-17-23)20-30(37-33(41)27-12-7-4-8-13-27)34(42)36-28-14-9-15-29(21-28)44-24(2)32(40)39-35-38-31(22-43-35)26-10-5-3-6-11-26/h3-22,24H,1-2H3,(H,36,42)(H,37,41)(H,38,39,40)/b30-20-. The normalized spacial score (nSPS) is 11.8. The average Bonchev–Trinajstić information content (AvgIpc) is 3.51. The lowest BCUT2D eigenvalue weighted by Crippen LogP contribution is -2.30. The second kappa shape index (κ2) is 14.5. The van der Waals surface area contributed by atoms with E-state index in [1.807, 2.05) is 86.0 Å². The van der Waals surface area contributed by atoms with E-state index in [1.54, 1.807) is 48.5 Å². The van der Waals surface area contributed by atoms with Gasteiger partial charge in [-0.15, -0.1) is 23.1 Å². The van der Waals surface area contributed by atoms with Crippen molar-refractivity contribution in [2.45, 2.75) is 24.0 Å². The summed E-state index contributed by atoms with van der Waals surface area (Å²) >= 11 is 2.74. The molecule has 0 spiro atoms. The first kappa shape index (κ1) is 30.5. The van der Waals surface area contributed by atoms with Gasteiger partial charge in [-0.25, -0.2) is 4.98 Å². The number of nitrogens with zero attached hydrogens (tertiary/aromatic N) is 1. The Balaban J connectivity index is 1.25. The van der Waals surface area contributed by atoms with Gasteiger partial charge in [-0.1, -0.05) is 84.4 Å².